The van der Waals surface area contributed by atoms with Crippen molar-refractivity contribution in [3.63, 3.8) is 0 Å². The van der Waals surface area contributed by atoms with E-state index in [4.69, 9.17) is 5.73 Å². The van der Waals surface area contributed by atoms with Crippen molar-refractivity contribution in [3.8, 4) is 5.69 Å². The van der Waals surface area contributed by atoms with Crippen LogP contribution in [-0.4, -0.2) is 25.2 Å². The number of nitrogens with one attached hydrogen (secondary N) is 1. The third-order valence-electron chi connectivity index (χ3n) is 2.38. The maximum Gasteiger partial charge on any atom is 0.240 e. The second-order valence-corrected chi connectivity index (χ2v) is 6.33. The van der Waals surface area contributed by atoms with Gasteiger partial charge < -0.3 is 5.73 Å². The van der Waals surface area contributed by atoms with Crippen molar-refractivity contribution in [2.45, 2.75) is 4.90 Å². The Bertz CT molecular complexity index is 681. The molecular formula is C10H11BrN4O2S. The Morgan fingerprint density at radius 1 is 1.44 bits per heavy atom. The first-order valence-electron chi connectivity index (χ1n) is 4.97. The number of nitrogen functional groups attached to an aromatic ring is 1. The van der Waals surface area contributed by atoms with Crippen LogP contribution < -0.4 is 10.5 Å². The Balaban J connectivity index is 2.49. The zero-order valence-corrected chi connectivity index (χ0v) is 11.9. The van der Waals surface area contributed by atoms with Gasteiger partial charge in [0.15, 0.2) is 0 Å². The number of halogens is 1. The first-order chi connectivity index (χ1) is 8.44. The molecule has 2 rings (SSSR count). The topological polar surface area (TPSA) is 90.0 Å². The highest BCUT2D eigenvalue weighted by Gasteiger charge is 2.13. The van der Waals surface area contributed by atoms with E-state index >= 15 is 0 Å². The van der Waals surface area contributed by atoms with E-state index in [2.05, 4.69) is 25.8 Å². The van der Waals surface area contributed by atoms with Gasteiger partial charge in [0.2, 0.25) is 10.0 Å². The van der Waals surface area contributed by atoms with Gasteiger partial charge in [0.1, 0.15) is 0 Å². The minimum atomic E-state index is -3.48. The Morgan fingerprint density at radius 2 is 2.17 bits per heavy atom. The van der Waals surface area contributed by atoms with Crippen molar-refractivity contribution in [3.05, 3.63) is 35.1 Å². The Labute approximate surface area is 113 Å². The summed E-state index contributed by atoms with van der Waals surface area (Å²) in [5.41, 5.74) is 6.80. The third-order valence-corrected chi connectivity index (χ3v) is 4.20. The number of rotatable bonds is 3. The van der Waals surface area contributed by atoms with Gasteiger partial charge in [-0.2, -0.15) is 5.10 Å². The molecule has 1 heterocycles. The molecule has 3 N–H and O–H groups in total. The van der Waals surface area contributed by atoms with Crippen LogP contribution in [0.15, 0.2) is 40.0 Å². The number of sulfonamides is 1. The second kappa shape index (κ2) is 4.71. The molecule has 8 heteroatoms. The van der Waals surface area contributed by atoms with Crippen LogP contribution in [0.4, 0.5) is 5.69 Å². The molecule has 0 saturated carbocycles. The summed E-state index contributed by atoms with van der Waals surface area (Å²) < 4.78 is 27.8. The normalized spacial score (nSPS) is 11.7. The largest absolute Gasteiger partial charge is 0.397 e. The van der Waals surface area contributed by atoms with Gasteiger partial charge in [0.25, 0.3) is 0 Å². The van der Waals surface area contributed by atoms with Gasteiger partial charge in [-0.1, -0.05) is 0 Å². The van der Waals surface area contributed by atoms with Crippen molar-refractivity contribution in [1.82, 2.24) is 14.5 Å². The summed E-state index contributed by atoms with van der Waals surface area (Å²) in [4.78, 5) is 0.123. The highest BCUT2D eigenvalue weighted by molar-refractivity contribution is 9.10. The van der Waals surface area contributed by atoms with E-state index in [1.54, 1.807) is 23.1 Å². The van der Waals surface area contributed by atoms with Gasteiger partial charge in [-0.15, -0.1) is 0 Å². The van der Waals surface area contributed by atoms with Crippen LogP contribution in [0.2, 0.25) is 0 Å². The van der Waals surface area contributed by atoms with Crippen LogP contribution >= 0.6 is 15.9 Å². The van der Waals surface area contributed by atoms with Crippen molar-refractivity contribution in [2.24, 2.45) is 0 Å². The Morgan fingerprint density at radius 3 is 2.67 bits per heavy atom. The molecule has 0 atom stereocenters. The van der Waals surface area contributed by atoms with Crippen molar-refractivity contribution < 1.29 is 8.42 Å². The minimum absolute atomic E-state index is 0.123. The van der Waals surface area contributed by atoms with Gasteiger partial charge in [-0.25, -0.2) is 17.8 Å². The molecule has 96 valence electrons. The predicted octanol–water partition coefficient (Wildman–Crippen LogP) is 1.13. The lowest BCUT2D eigenvalue weighted by molar-refractivity contribution is 0.588. The highest BCUT2D eigenvalue weighted by Crippen LogP contribution is 2.22. The molecule has 0 fully saturated rings. The second-order valence-electron chi connectivity index (χ2n) is 3.53. The van der Waals surface area contributed by atoms with E-state index in [0.717, 1.165) is 4.47 Å². The number of benzene rings is 1. The van der Waals surface area contributed by atoms with Crippen molar-refractivity contribution in [2.75, 3.05) is 12.8 Å². The van der Waals surface area contributed by atoms with Gasteiger partial charge >= 0.3 is 0 Å². The molecule has 1 aromatic heterocycles. The molecule has 0 radical (unpaired) electrons. The first kappa shape index (κ1) is 13.1. The van der Waals surface area contributed by atoms with Crippen LogP contribution in [0, 0.1) is 0 Å². The Hall–Kier alpha value is -1.38. The lowest BCUT2D eigenvalue weighted by atomic mass is 10.3. The molecule has 18 heavy (non-hydrogen) atoms. The molecule has 0 aliphatic heterocycles. The number of nitrogens with zero attached hydrogens (tertiary/aromatic N) is 2. The molecule has 0 unspecified atom stereocenters. The number of nitrogens with two attached hydrogens (primary N) is 1. The third kappa shape index (κ3) is 2.40. The molecule has 0 saturated heterocycles. The van der Waals surface area contributed by atoms with Crippen LogP contribution in [-0.2, 0) is 10.0 Å². The zero-order chi connectivity index (χ0) is 13.3. The molecule has 0 spiro atoms. The van der Waals surface area contributed by atoms with Crippen molar-refractivity contribution in [1.29, 1.82) is 0 Å². The molecule has 6 nitrogen and oxygen atoms in total. The predicted molar refractivity (Wildman–Crippen MR) is 71.9 cm³/mol. The molecule has 1 aromatic carbocycles. The summed E-state index contributed by atoms with van der Waals surface area (Å²) >= 11 is 3.28. The number of anilines is 1. The molecule has 0 aliphatic carbocycles. The molecule has 2 aromatic rings. The minimum Gasteiger partial charge on any atom is -0.397 e. The van der Waals surface area contributed by atoms with E-state index in [0.29, 0.717) is 11.4 Å². The summed E-state index contributed by atoms with van der Waals surface area (Å²) in [6, 6.07) is 4.49. The molecule has 0 bridgehead atoms. The van der Waals surface area contributed by atoms with Gasteiger partial charge in [0.05, 0.1) is 26.9 Å². The van der Waals surface area contributed by atoms with Gasteiger partial charge in [-0.3, -0.25) is 0 Å². The lowest BCUT2D eigenvalue weighted by Crippen LogP contribution is -2.18. The standard InChI is InChI=1S/C10H11BrN4O2S/c1-13-18(16,17)8-2-3-10(9(12)4-8)15-6-7(11)5-14-15/h2-6,13H,12H2,1H3. The van der Waals surface area contributed by atoms with Crippen LogP contribution in [0.5, 0.6) is 0 Å². The number of hydrogen-bond acceptors (Lipinski definition) is 4. The zero-order valence-electron chi connectivity index (χ0n) is 9.46. The van der Waals surface area contributed by atoms with E-state index in [1.807, 2.05) is 0 Å². The molecular weight excluding hydrogens is 320 g/mol. The summed E-state index contributed by atoms with van der Waals surface area (Å²) in [6.07, 6.45) is 3.36. The monoisotopic (exact) mass is 330 g/mol. The fourth-order valence-electron chi connectivity index (χ4n) is 1.46. The number of hydrogen-bond donors (Lipinski definition) is 2. The van der Waals surface area contributed by atoms with E-state index in [9.17, 15) is 8.42 Å². The summed E-state index contributed by atoms with van der Waals surface area (Å²) in [7, 11) is -2.13. The van der Waals surface area contributed by atoms with Crippen LogP contribution in [0.3, 0.4) is 0 Å². The summed E-state index contributed by atoms with van der Waals surface area (Å²) in [5.74, 6) is 0. The highest BCUT2D eigenvalue weighted by atomic mass is 79.9. The first-order valence-corrected chi connectivity index (χ1v) is 7.25. The fourth-order valence-corrected chi connectivity index (χ4v) is 2.51. The fraction of sp³-hybridized carbons (Fsp3) is 0.100. The average molecular weight is 331 g/mol. The summed E-state index contributed by atoms with van der Waals surface area (Å²) in [6.45, 7) is 0. The van der Waals surface area contributed by atoms with Crippen LogP contribution in [0.1, 0.15) is 0 Å². The average Bonchev–Trinajstić information content (AvgIpc) is 2.75. The maximum atomic E-state index is 11.6. The van der Waals surface area contributed by atoms with E-state index < -0.39 is 10.0 Å². The SMILES string of the molecule is CNS(=O)(=O)c1ccc(-n2cc(Br)cn2)c(N)c1. The van der Waals surface area contributed by atoms with Crippen LogP contribution in [0.25, 0.3) is 5.69 Å². The molecule has 0 aliphatic rings. The van der Waals surface area contributed by atoms with Gasteiger partial charge in [0, 0.05) is 6.20 Å². The quantitative estimate of drug-likeness (QED) is 0.825. The summed E-state index contributed by atoms with van der Waals surface area (Å²) in [5, 5.41) is 4.08. The number of aromatic nitrogens is 2. The maximum absolute atomic E-state index is 11.6. The Kier molecular flexibility index (Phi) is 3.42. The van der Waals surface area contributed by atoms with E-state index in [-0.39, 0.29) is 4.90 Å². The smallest absolute Gasteiger partial charge is 0.240 e. The lowest BCUT2D eigenvalue weighted by Gasteiger charge is -2.08. The van der Waals surface area contributed by atoms with Gasteiger partial charge in [-0.05, 0) is 41.2 Å². The van der Waals surface area contributed by atoms with E-state index in [1.165, 1.54) is 19.2 Å². The molecule has 0 amide bonds. The van der Waals surface area contributed by atoms with Crippen molar-refractivity contribution >= 4 is 31.6 Å².